The molecule has 156 valence electrons. The first kappa shape index (κ1) is 22.9. The van der Waals surface area contributed by atoms with Crippen LogP contribution in [0.3, 0.4) is 0 Å². The Labute approximate surface area is 201 Å². The van der Waals surface area contributed by atoms with Crippen molar-refractivity contribution in [3.05, 3.63) is 80.3 Å². The normalized spacial score (nSPS) is 14.9. The van der Waals surface area contributed by atoms with E-state index in [0.29, 0.717) is 25.8 Å². The van der Waals surface area contributed by atoms with Crippen molar-refractivity contribution in [2.24, 2.45) is 0 Å². The van der Waals surface area contributed by atoms with Crippen molar-refractivity contribution in [3.63, 3.8) is 0 Å². The Morgan fingerprint density at radius 1 is 1.23 bits per heavy atom. The van der Waals surface area contributed by atoms with Crippen LogP contribution in [0.1, 0.15) is 16.7 Å². The third-order valence-electron chi connectivity index (χ3n) is 4.34. The molecule has 3 rings (SSSR count). The summed E-state index contributed by atoms with van der Waals surface area (Å²) in [7, 11) is 0. The highest BCUT2D eigenvalue weighted by molar-refractivity contribution is 9.11. The molecule has 0 saturated carbocycles. The minimum atomic E-state index is -0.559. The predicted molar refractivity (Wildman–Crippen MR) is 128 cm³/mol. The molecule has 0 bridgehead atoms. The minimum absolute atomic E-state index is 0.0362. The van der Waals surface area contributed by atoms with E-state index >= 15 is 0 Å². The second-order valence-electron chi connectivity index (χ2n) is 6.39. The number of halogens is 2. The molecule has 0 spiro atoms. The number of amides is 2. The lowest BCUT2D eigenvalue weighted by atomic mass is 10.1. The van der Waals surface area contributed by atoms with Gasteiger partial charge in [-0.1, -0.05) is 24.3 Å². The molecule has 31 heavy (non-hydrogen) atoms. The second kappa shape index (κ2) is 10.0. The lowest BCUT2D eigenvalue weighted by Gasteiger charge is -2.27. The summed E-state index contributed by atoms with van der Waals surface area (Å²) in [6.07, 6.45) is 3.02. The van der Waals surface area contributed by atoms with E-state index in [9.17, 15) is 14.9 Å². The van der Waals surface area contributed by atoms with E-state index in [1.165, 1.54) is 17.1 Å². The Morgan fingerprint density at radius 3 is 2.55 bits per heavy atom. The molecule has 1 heterocycles. The molecule has 1 aliphatic heterocycles. The molecule has 1 saturated heterocycles. The fourth-order valence-electron chi connectivity index (χ4n) is 2.86. The van der Waals surface area contributed by atoms with E-state index in [0.717, 1.165) is 5.56 Å². The summed E-state index contributed by atoms with van der Waals surface area (Å²) >= 11 is 12.0. The van der Waals surface area contributed by atoms with Crippen LogP contribution >= 0.6 is 44.1 Å². The van der Waals surface area contributed by atoms with Gasteiger partial charge in [0.25, 0.3) is 11.8 Å². The molecule has 9 heteroatoms. The molecule has 0 unspecified atom stereocenters. The summed E-state index contributed by atoms with van der Waals surface area (Å²) in [6, 6.07) is 12.8. The Hall–Kier alpha value is -2.80. The number of benzene rings is 2. The van der Waals surface area contributed by atoms with Crippen LogP contribution in [0.5, 0.6) is 5.75 Å². The first-order valence-corrected chi connectivity index (χ1v) is 10.9. The van der Waals surface area contributed by atoms with Crippen LogP contribution in [0.4, 0.5) is 0 Å². The number of hydrogen-bond donors (Lipinski definition) is 1. The molecule has 2 aromatic carbocycles. The molecule has 2 amide bonds. The minimum Gasteiger partial charge on any atom is -0.486 e. The Kier molecular flexibility index (Phi) is 7.38. The highest BCUT2D eigenvalue weighted by Crippen LogP contribution is 2.36. The molecule has 1 aliphatic rings. The fourth-order valence-corrected chi connectivity index (χ4v) is 4.56. The van der Waals surface area contributed by atoms with Gasteiger partial charge in [-0.2, -0.15) is 5.26 Å². The van der Waals surface area contributed by atoms with Crippen LogP contribution in [0.15, 0.2) is 63.6 Å². The van der Waals surface area contributed by atoms with Gasteiger partial charge in [0.2, 0.25) is 0 Å². The topological polar surface area (TPSA) is 82.4 Å². The summed E-state index contributed by atoms with van der Waals surface area (Å²) in [5.41, 5.74) is 1.87. The van der Waals surface area contributed by atoms with Gasteiger partial charge in [-0.25, -0.2) is 0 Å². The maximum atomic E-state index is 12.7. The molecule has 0 aromatic heterocycles. The number of ether oxygens (including phenoxy) is 1. The number of hydrogen-bond acceptors (Lipinski definition) is 5. The molecule has 1 N–H and O–H groups in total. The summed E-state index contributed by atoms with van der Waals surface area (Å²) in [6.45, 7) is 4.00. The predicted octanol–water partition coefficient (Wildman–Crippen LogP) is 4.47. The van der Waals surface area contributed by atoms with Gasteiger partial charge < -0.3 is 4.74 Å². The fraction of sp³-hybridized carbons (Fsp3) is 0.0909. The van der Waals surface area contributed by atoms with Crippen LogP contribution in [-0.4, -0.2) is 28.4 Å². The van der Waals surface area contributed by atoms with Crippen molar-refractivity contribution in [2.75, 3.05) is 6.54 Å². The summed E-state index contributed by atoms with van der Waals surface area (Å²) in [5.74, 6) is -0.519. The van der Waals surface area contributed by atoms with E-state index in [1.54, 1.807) is 24.3 Å². The monoisotopic (exact) mass is 559 g/mol. The average Bonchev–Trinajstić information content (AvgIpc) is 2.74. The molecule has 0 radical (unpaired) electrons. The number of thiocarbonyl (C=S) groups is 1. The summed E-state index contributed by atoms with van der Waals surface area (Å²) in [4.78, 5) is 26.3. The van der Waals surface area contributed by atoms with Crippen LogP contribution in [0.25, 0.3) is 6.08 Å². The van der Waals surface area contributed by atoms with Gasteiger partial charge in [-0.3, -0.25) is 19.8 Å². The summed E-state index contributed by atoms with van der Waals surface area (Å²) in [5, 5.41) is 11.8. The zero-order chi connectivity index (χ0) is 22.5. The lowest BCUT2D eigenvalue weighted by molar-refractivity contribution is -0.128. The first-order chi connectivity index (χ1) is 14.8. The molecular formula is C22H15Br2N3O3S. The SMILES string of the molecule is C=CCN1C(=O)/C(=C/c2cc(Br)c(OCc3ccccc3C#N)c(Br)c2)C(=O)NC1=S. The van der Waals surface area contributed by atoms with E-state index in [4.69, 9.17) is 17.0 Å². The highest BCUT2D eigenvalue weighted by atomic mass is 79.9. The molecule has 0 aliphatic carbocycles. The van der Waals surface area contributed by atoms with Gasteiger partial charge in [0.15, 0.2) is 5.11 Å². The zero-order valence-corrected chi connectivity index (χ0v) is 20.0. The number of carbonyl (C=O) groups excluding carboxylic acids is 2. The van der Waals surface area contributed by atoms with Crippen molar-refractivity contribution in [1.82, 2.24) is 10.2 Å². The maximum absolute atomic E-state index is 12.7. The van der Waals surface area contributed by atoms with Gasteiger partial charge in [-0.05, 0) is 73.9 Å². The number of rotatable bonds is 6. The third-order valence-corrected chi connectivity index (χ3v) is 5.84. The Morgan fingerprint density at radius 2 is 1.90 bits per heavy atom. The second-order valence-corrected chi connectivity index (χ2v) is 8.49. The quantitative estimate of drug-likeness (QED) is 0.244. The molecule has 2 aromatic rings. The van der Waals surface area contributed by atoms with E-state index in [-0.39, 0.29) is 23.8 Å². The smallest absolute Gasteiger partial charge is 0.265 e. The van der Waals surface area contributed by atoms with Gasteiger partial charge in [0.1, 0.15) is 17.9 Å². The Balaban J connectivity index is 1.87. The number of nitrogens with one attached hydrogen (secondary N) is 1. The zero-order valence-electron chi connectivity index (χ0n) is 16.0. The van der Waals surface area contributed by atoms with E-state index < -0.39 is 11.8 Å². The van der Waals surface area contributed by atoms with Gasteiger partial charge in [0.05, 0.1) is 20.6 Å². The highest BCUT2D eigenvalue weighted by Gasteiger charge is 2.32. The van der Waals surface area contributed by atoms with Crippen LogP contribution in [0, 0.1) is 11.3 Å². The van der Waals surface area contributed by atoms with Crippen LogP contribution in [0.2, 0.25) is 0 Å². The molecule has 0 atom stereocenters. The van der Waals surface area contributed by atoms with Crippen molar-refractivity contribution in [3.8, 4) is 11.8 Å². The van der Waals surface area contributed by atoms with Crippen molar-refractivity contribution in [2.45, 2.75) is 6.61 Å². The Bertz CT molecular complexity index is 1150. The lowest BCUT2D eigenvalue weighted by Crippen LogP contribution is -2.53. The van der Waals surface area contributed by atoms with Crippen molar-refractivity contribution >= 4 is 67.1 Å². The first-order valence-electron chi connectivity index (χ1n) is 8.95. The van der Waals surface area contributed by atoms with Crippen LogP contribution in [-0.2, 0) is 16.2 Å². The van der Waals surface area contributed by atoms with Crippen molar-refractivity contribution in [1.29, 1.82) is 5.26 Å². The third kappa shape index (κ3) is 5.10. The number of nitriles is 1. The van der Waals surface area contributed by atoms with Crippen LogP contribution < -0.4 is 10.1 Å². The van der Waals surface area contributed by atoms with E-state index in [2.05, 4.69) is 49.8 Å². The average molecular weight is 561 g/mol. The molecular weight excluding hydrogens is 546 g/mol. The van der Waals surface area contributed by atoms with Crippen molar-refractivity contribution < 1.29 is 14.3 Å². The van der Waals surface area contributed by atoms with Gasteiger partial charge in [-0.15, -0.1) is 6.58 Å². The summed E-state index contributed by atoms with van der Waals surface area (Å²) < 4.78 is 7.13. The van der Waals surface area contributed by atoms with E-state index in [1.807, 2.05) is 12.1 Å². The van der Waals surface area contributed by atoms with Gasteiger partial charge >= 0.3 is 0 Å². The number of carbonyl (C=O) groups is 2. The largest absolute Gasteiger partial charge is 0.486 e. The maximum Gasteiger partial charge on any atom is 0.265 e. The molecule has 6 nitrogen and oxygen atoms in total. The standard InChI is InChI=1S/C22H15Br2N3O3S/c1-2-7-27-21(29)16(20(28)26-22(27)31)8-13-9-17(23)19(18(24)10-13)30-12-15-6-4-3-5-14(15)11-25/h2-6,8-10H,1,7,12H2,(H,26,28,31)/b16-8+. The number of nitrogens with zero attached hydrogens (tertiary/aromatic N) is 2. The van der Waals surface area contributed by atoms with Gasteiger partial charge in [0, 0.05) is 12.1 Å². The molecule has 1 fully saturated rings.